The second-order valence-electron chi connectivity index (χ2n) is 1.59. The van der Waals surface area contributed by atoms with Crippen LogP contribution in [-0.2, 0) is 27.0 Å². The van der Waals surface area contributed by atoms with E-state index in [9.17, 15) is 0 Å². The van der Waals surface area contributed by atoms with Gasteiger partial charge in [-0.1, -0.05) is 17.7 Å². The van der Waals surface area contributed by atoms with Crippen LogP contribution >= 0.6 is 0 Å². The molecule has 1 aromatic heterocycles. The number of hydrogen-bond acceptors (Lipinski definition) is 2. The van der Waals surface area contributed by atoms with E-state index in [1.807, 2.05) is 6.92 Å². The Morgan fingerprint density at radius 1 is 1.78 bits per heavy atom. The minimum Gasteiger partial charge on any atom is -0.444 e. The molecule has 1 aromatic rings. The van der Waals surface area contributed by atoms with Gasteiger partial charge in [0.05, 0.1) is 6.61 Å². The second kappa shape index (κ2) is 3.78. The Hall–Kier alpha value is -0.168. The van der Waals surface area contributed by atoms with E-state index < -0.39 is 0 Å². The number of aromatic nitrogens is 2. The van der Waals surface area contributed by atoms with Gasteiger partial charge in [0.1, 0.15) is 0 Å². The van der Waals surface area contributed by atoms with E-state index in [2.05, 4.69) is 9.97 Å². The van der Waals surface area contributed by atoms with Crippen molar-refractivity contribution in [2.75, 3.05) is 0 Å². The molecule has 0 unspecified atom stereocenters. The van der Waals surface area contributed by atoms with Crippen LogP contribution in [-0.4, -0.2) is 10.1 Å². The van der Waals surface area contributed by atoms with Gasteiger partial charge in [0.15, 0.2) is 0 Å². The zero-order valence-corrected chi connectivity index (χ0v) is 6.50. The van der Waals surface area contributed by atoms with Crippen molar-refractivity contribution in [1.29, 1.82) is 0 Å². The molecule has 0 aliphatic carbocycles. The van der Waals surface area contributed by atoms with E-state index in [1.54, 1.807) is 6.20 Å². The molecule has 0 saturated heterocycles. The van der Waals surface area contributed by atoms with E-state index in [0.29, 0.717) is 5.82 Å². The predicted octanol–water partition coefficient (Wildman–Crippen LogP) is -0.163. The fraction of sp³-hybridized carbons (Fsp3) is 0.400. The normalized spacial score (nSPS) is 8.67. The molecule has 0 aliphatic heterocycles. The predicted molar refractivity (Wildman–Crippen MR) is 28.2 cm³/mol. The Balaban J connectivity index is 0.000000640. The maximum Gasteiger partial charge on any atom is 0.0606 e. The minimum atomic E-state index is -0.0617. The van der Waals surface area contributed by atoms with Crippen LogP contribution in [0, 0.1) is 6.92 Å². The van der Waals surface area contributed by atoms with E-state index >= 15 is 0 Å². The molecule has 1 heterocycles. The summed E-state index contributed by atoms with van der Waals surface area (Å²) in [6.07, 6.45) is 1.63. The molecule has 0 aliphatic rings. The van der Waals surface area contributed by atoms with Gasteiger partial charge in [-0.3, -0.25) is 0 Å². The van der Waals surface area contributed by atoms with Gasteiger partial charge in [-0.05, 0) is 6.92 Å². The monoisotopic (exact) mass is 217 g/mol. The number of rotatable bonds is 1. The molecule has 0 saturated carbocycles. The SMILES string of the molecule is Cc1c[n-]c(CO)n1.[Pd]. The van der Waals surface area contributed by atoms with Crippen molar-refractivity contribution in [2.45, 2.75) is 13.5 Å². The molecular weight excluding hydrogens is 210 g/mol. The number of aryl methyl sites for hydroxylation is 1. The Kier molecular flexibility index (Phi) is 3.71. The molecule has 4 heteroatoms. The van der Waals surface area contributed by atoms with Crippen LogP contribution < -0.4 is 4.98 Å². The van der Waals surface area contributed by atoms with Crippen molar-refractivity contribution in [3.63, 3.8) is 0 Å². The average molecular weight is 218 g/mol. The van der Waals surface area contributed by atoms with Gasteiger partial charge in [0.25, 0.3) is 0 Å². The van der Waals surface area contributed by atoms with Crippen molar-refractivity contribution in [1.82, 2.24) is 9.97 Å². The number of nitrogens with zero attached hydrogens (tertiary/aromatic N) is 2. The third-order valence-electron chi connectivity index (χ3n) is 0.847. The molecule has 0 aromatic carbocycles. The smallest absolute Gasteiger partial charge is 0.0606 e. The summed E-state index contributed by atoms with van der Waals surface area (Å²) in [5.41, 5.74) is 0.856. The van der Waals surface area contributed by atoms with Crippen LogP contribution in [0.15, 0.2) is 6.20 Å². The van der Waals surface area contributed by atoms with Crippen LogP contribution in [0.1, 0.15) is 11.5 Å². The van der Waals surface area contributed by atoms with Gasteiger partial charge in [-0.15, -0.1) is 0 Å². The van der Waals surface area contributed by atoms with Crippen molar-refractivity contribution >= 4 is 0 Å². The number of hydrogen-bond donors (Lipinski definition) is 1. The molecule has 9 heavy (non-hydrogen) atoms. The van der Waals surface area contributed by atoms with Gasteiger partial charge in [0.2, 0.25) is 0 Å². The number of aliphatic hydroxyl groups excluding tert-OH is 1. The number of imidazole rings is 1. The van der Waals surface area contributed by atoms with E-state index in [4.69, 9.17) is 5.11 Å². The molecule has 0 fully saturated rings. The summed E-state index contributed by atoms with van der Waals surface area (Å²) >= 11 is 0. The zero-order chi connectivity index (χ0) is 5.98. The molecule has 1 rings (SSSR count). The molecule has 0 spiro atoms. The second-order valence-corrected chi connectivity index (χ2v) is 1.59. The zero-order valence-electron chi connectivity index (χ0n) is 4.94. The summed E-state index contributed by atoms with van der Waals surface area (Å²) in [5.74, 6) is 0.502. The summed E-state index contributed by atoms with van der Waals surface area (Å²) in [6.45, 7) is 1.78. The van der Waals surface area contributed by atoms with Gasteiger partial charge < -0.3 is 15.1 Å². The first kappa shape index (κ1) is 8.83. The fourth-order valence-electron chi connectivity index (χ4n) is 0.505. The van der Waals surface area contributed by atoms with Crippen molar-refractivity contribution in [2.24, 2.45) is 0 Å². The van der Waals surface area contributed by atoms with Crippen molar-refractivity contribution in [3.8, 4) is 0 Å². The van der Waals surface area contributed by atoms with Gasteiger partial charge in [-0.2, -0.15) is 0 Å². The molecule has 3 nitrogen and oxygen atoms in total. The van der Waals surface area contributed by atoms with Crippen LogP contribution in [0.5, 0.6) is 0 Å². The minimum absolute atomic E-state index is 0. The van der Waals surface area contributed by atoms with Crippen LogP contribution in [0.4, 0.5) is 0 Å². The fourth-order valence-corrected chi connectivity index (χ4v) is 0.505. The quantitative estimate of drug-likeness (QED) is 0.665. The van der Waals surface area contributed by atoms with E-state index in [0.717, 1.165) is 5.69 Å². The van der Waals surface area contributed by atoms with Crippen LogP contribution in [0.25, 0.3) is 0 Å². The molecule has 0 bridgehead atoms. The standard InChI is InChI=1S/C5H7N2O.Pd/c1-4-2-6-5(3-8)7-4;/h2,8H,3H2,1H3;/q-1;. The van der Waals surface area contributed by atoms with Crippen LogP contribution in [0.3, 0.4) is 0 Å². The molecular formula is C5H7N2OPd-. The van der Waals surface area contributed by atoms with Crippen LogP contribution in [0.2, 0.25) is 0 Å². The molecule has 0 atom stereocenters. The van der Waals surface area contributed by atoms with Crippen molar-refractivity contribution in [3.05, 3.63) is 17.7 Å². The Morgan fingerprint density at radius 3 is 2.67 bits per heavy atom. The summed E-state index contributed by atoms with van der Waals surface area (Å²) < 4.78 is 0. The Labute approximate surface area is 67.2 Å². The maximum absolute atomic E-state index is 8.43. The summed E-state index contributed by atoms with van der Waals surface area (Å²) in [4.78, 5) is 7.64. The third kappa shape index (κ3) is 2.27. The van der Waals surface area contributed by atoms with Gasteiger partial charge >= 0.3 is 0 Å². The van der Waals surface area contributed by atoms with Gasteiger partial charge in [0, 0.05) is 20.4 Å². The molecule has 0 amide bonds. The van der Waals surface area contributed by atoms with Crippen molar-refractivity contribution < 1.29 is 25.5 Å². The Morgan fingerprint density at radius 2 is 2.44 bits per heavy atom. The molecule has 54 valence electrons. The first-order chi connectivity index (χ1) is 3.83. The average Bonchev–Trinajstić information content (AvgIpc) is 2.14. The summed E-state index contributed by atoms with van der Waals surface area (Å²) in [6, 6.07) is 0. The Bertz CT molecular complexity index is 175. The maximum atomic E-state index is 8.43. The first-order valence-electron chi connectivity index (χ1n) is 2.39. The van der Waals surface area contributed by atoms with E-state index in [1.165, 1.54) is 0 Å². The van der Waals surface area contributed by atoms with E-state index in [-0.39, 0.29) is 27.0 Å². The summed E-state index contributed by atoms with van der Waals surface area (Å²) in [5, 5.41) is 8.43. The largest absolute Gasteiger partial charge is 0.444 e. The third-order valence-corrected chi connectivity index (χ3v) is 0.847. The first-order valence-corrected chi connectivity index (χ1v) is 2.39. The molecule has 0 radical (unpaired) electrons. The molecule has 1 N–H and O–H groups in total. The van der Waals surface area contributed by atoms with Gasteiger partial charge in [-0.25, -0.2) is 0 Å². The topological polar surface area (TPSA) is 47.2 Å². The summed E-state index contributed by atoms with van der Waals surface area (Å²) in [7, 11) is 0. The number of aliphatic hydroxyl groups is 1.